The van der Waals surface area contributed by atoms with E-state index in [9.17, 15) is 0 Å². The predicted molar refractivity (Wildman–Crippen MR) is 118 cm³/mol. The first kappa shape index (κ1) is 17.6. The largest absolute Gasteiger partial charge is 0.381 e. The highest BCUT2D eigenvalue weighted by Gasteiger charge is 2.23. The van der Waals surface area contributed by atoms with Crippen LogP contribution in [0.3, 0.4) is 0 Å². The van der Waals surface area contributed by atoms with E-state index in [1.54, 1.807) is 12.4 Å². The summed E-state index contributed by atoms with van der Waals surface area (Å²) in [6.07, 6.45) is 5.86. The second-order valence-corrected chi connectivity index (χ2v) is 7.42. The predicted octanol–water partition coefficient (Wildman–Crippen LogP) is 4.77. The quantitative estimate of drug-likeness (QED) is 0.552. The SMILES string of the molecule is c1ccc(NC2CCCN(c3nc(-c4ccncc4)nc4ccccc34)C2)cc1. The number of benzene rings is 2. The van der Waals surface area contributed by atoms with E-state index in [0.717, 1.165) is 54.0 Å². The number of hydrogen-bond donors (Lipinski definition) is 1. The van der Waals surface area contributed by atoms with Crippen LogP contribution >= 0.6 is 0 Å². The zero-order valence-electron chi connectivity index (χ0n) is 16.2. The standard InChI is InChI=1S/C24H23N5/c1-2-7-19(8-3-1)26-20-9-6-16-29(17-20)24-21-10-4-5-11-22(21)27-23(28-24)18-12-14-25-15-13-18/h1-5,7-8,10-15,20,26H,6,9,16-17H2. The molecule has 2 aromatic carbocycles. The highest BCUT2D eigenvalue weighted by Crippen LogP contribution is 2.29. The third-order valence-electron chi connectivity index (χ3n) is 5.39. The van der Waals surface area contributed by atoms with Gasteiger partial charge in [-0.2, -0.15) is 0 Å². The van der Waals surface area contributed by atoms with Gasteiger partial charge in [-0.15, -0.1) is 0 Å². The van der Waals surface area contributed by atoms with Gasteiger partial charge in [0.15, 0.2) is 5.82 Å². The second kappa shape index (κ2) is 7.87. The molecule has 5 heteroatoms. The van der Waals surface area contributed by atoms with Crippen LogP contribution in [0.15, 0.2) is 79.1 Å². The van der Waals surface area contributed by atoms with Crippen molar-refractivity contribution in [3.05, 3.63) is 79.1 Å². The minimum absolute atomic E-state index is 0.393. The zero-order chi connectivity index (χ0) is 19.5. The maximum atomic E-state index is 5.00. The van der Waals surface area contributed by atoms with Crippen molar-refractivity contribution in [2.45, 2.75) is 18.9 Å². The molecule has 4 aromatic rings. The van der Waals surface area contributed by atoms with Crippen LogP contribution in [0.1, 0.15) is 12.8 Å². The number of nitrogens with one attached hydrogen (secondary N) is 1. The van der Waals surface area contributed by atoms with E-state index in [2.05, 4.69) is 57.7 Å². The lowest BCUT2D eigenvalue weighted by Gasteiger charge is -2.35. The molecule has 0 aliphatic carbocycles. The van der Waals surface area contributed by atoms with Crippen LogP contribution in [0.25, 0.3) is 22.3 Å². The highest BCUT2D eigenvalue weighted by molar-refractivity contribution is 5.91. The van der Waals surface area contributed by atoms with Gasteiger partial charge >= 0.3 is 0 Å². The summed E-state index contributed by atoms with van der Waals surface area (Å²) in [6.45, 7) is 1.93. The molecule has 0 bridgehead atoms. The number of anilines is 2. The molecule has 3 heterocycles. The summed E-state index contributed by atoms with van der Waals surface area (Å²) in [4.78, 5) is 16.3. The van der Waals surface area contributed by atoms with Gasteiger partial charge in [0.2, 0.25) is 0 Å². The van der Waals surface area contributed by atoms with Crippen molar-refractivity contribution in [3.63, 3.8) is 0 Å². The Labute approximate surface area is 170 Å². The molecule has 0 amide bonds. The van der Waals surface area contributed by atoms with Gasteiger partial charge in [0, 0.05) is 48.2 Å². The summed E-state index contributed by atoms with van der Waals surface area (Å²) in [5.41, 5.74) is 3.13. The number of hydrogen-bond acceptors (Lipinski definition) is 5. The molecule has 1 fully saturated rings. The van der Waals surface area contributed by atoms with Crippen molar-refractivity contribution < 1.29 is 0 Å². The molecule has 1 N–H and O–H groups in total. The maximum Gasteiger partial charge on any atom is 0.162 e. The van der Waals surface area contributed by atoms with Gasteiger partial charge in [-0.1, -0.05) is 30.3 Å². The Balaban J connectivity index is 1.50. The van der Waals surface area contributed by atoms with Gasteiger partial charge in [0.05, 0.1) is 5.52 Å². The first-order chi connectivity index (χ1) is 14.4. The molecular formula is C24H23N5. The molecule has 29 heavy (non-hydrogen) atoms. The zero-order valence-corrected chi connectivity index (χ0v) is 16.2. The van der Waals surface area contributed by atoms with Gasteiger partial charge in [-0.3, -0.25) is 4.98 Å². The van der Waals surface area contributed by atoms with E-state index >= 15 is 0 Å². The second-order valence-electron chi connectivity index (χ2n) is 7.42. The summed E-state index contributed by atoms with van der Waals surface area (Å²) in [5, 5.41) is 4.78. The molecule has 5 rings (SSSR count). The average molecular weight is 381 g/mol. The van der Waals surface area contributed by atoms with Gasteiger partial charge in [0.1, 0.15) is 5.82 Å². The molecule has 0 spiro atoms. The molecule has 1 atom stereocenters. The molecule has 1 aliphatic rings. The van der Waals surface area contributed by atoms with Crippen LogP contribution in [0, 0.1) is 0 Å². The summed E-state index contributed by atoms with van der Waals surface area (Å²) in [7, 11) is 0. The first-order valence-electron chi connectivity index (χ1n) is 10.1. The van der Waals surface area contributed by atoms with Crippen molar-refractivity contribution >= 4 is 22.4 Å². The number of piperidine rings is 1. The smallest absolute Gasteiger partial charge is 0.162 e. The fraction of sp³-hybridized carbons (Fsp3) is 0.208. The summed E-state index contributed by atoms with van der Waals surface area (Å²) in [6, 6.07) is 23.0. The van der Waals surface area contributed by atoms with Gasteiger partial charge in [0.25, 0.3) is 0 Å². The molecule has 1 saturated heterocycles. The Morgan fingerprint density at radius 2 is 1.66 bits per heavy atom. The third kappa shape index (κ3) is 3.76. The van der Waals surface area contributed by atoms with E-state index in [4.69, 9.17) is 9.97 Å². The van der Waals surface area contributed by atoms with Crippen LogP contribution < -0.4 is 10.2 Å². The lowest BCUT2D eigenvalue weighted by molar-refractivity contribution is 0.528. The third-order valence-corrected chi connectivity index (χ3v) is 5.39. The van der Waals surface area contributed by atoms with Crippen LogP contribution in [0.4, 0.5) is 11.5 Å². The average Bonchev–Trinajstić information content (AvgIpc) is 2.80. The highest BCUT2D eigenvalue weighted by atomic mass is 15.2. The Hall–Kier alpha value is -3.47. The van der Waals surface area contributed by atoms with Gasteiger partial charge in [-0.05, 0) is 49.2 Å². The number of fused-ring (bicyclic) bond motifs is 1. The summed E-state index contributed by atoms with van der Waals surface area (Å²) < 4.78 is 0. The molecule has 1 unspecified atom stereocenters. The van der Waals surface area contributed by atoms with E-state index in [0.29, 0.717) is 6.04 Å². The van der Waals surface area contributed by atoms with Crippen molar-refractivity contribution in [1.29, 1.82) is 0 Å². The summed E-state index contributed by atoms with van der Waals surface area (Å²) in [5.74, 6) is 1.77. The topological polar surface area (TPSA) is 53.9 Å². The van der Waals surface area contributed by atoms with Crippen molar-refractivity contribution in [3.8, 4) is 11.4 Å². The van der Waals surface area contributed by atoms with Crippen LogP contribution in [0.5, 0.6) is 0 Å². The Morgan fingerprint density at radius 1 is 0.862 bits per heavy atom. The minimum atomic E-state index is 0.393. The fourth-order valence-corrected chi connectivity index (χ4v) is 3.99. The molecule has 144 valence electrons. The number of rotatable bonds is 4. The normalized spacial score (nSPS) is 16.7. The van der Waals surface area contributed by atoms with E-state index < -0.39 is 0 Å². The Kier molecular flexibility index (Phi) is 4.78. The molecule has 0 saturated carbocycles. The monoisotopic (exact) mass is 381 g/mol. The molecule has 5 nitrogen and oxygen atoms in total. The number of para-hydroxylation sites is 2. The van der Waals surface area contributed by atoms with Crippen LogP contribution in [-0.2, 0) is 0 Å². The van der Waals surface area contributed by atoms with Crippen molar-refractivity contribution in [1.82, 2.24) is 15.0 Å². The lowest BCUT2D eigenvalue weighted by atomic mass is 10.0. The van der Waals surface area contributed by atoms with E-state index in [-0.39, 0.29) is 0 Å². The molecule has 2 aromatic heterocycles. The Bertz CT molecular complexity index is 1100. The van der Waals surface area contributed by atoms with Crippen molar-refractivity contribution in [2.75, 3.05) is 23.3 Å². The maximum absolute atomic E-state index is 5.00. The molecule has 0 radical (unpaired) electrons. The lowest BCUT2D eigenvalue weighted by Crippen LogP contribution is -2.42. The molecular weight excluding hydrogens is 358 g/mol. The van der Waals surface area contributed by atoms with Crippen LogP contribution in [0.2, 0.25) is 0 Å². The Morgan fingerprint density at radius 3 is 2.52 bits per heavy atom. The first-order valence-corrected chi connectivity index (χ1v) is 10.1. The summed E-state index contributed by atoms with van der Waals surface area (Å²) >= 11 is 0. The van der Waals surface area contributed by atoms with E-state index in [1.165, 1.54) is 5.69 Å². The minimum Gasteiger partial charge on any atom is -0.381 e. The number of aromatic nitrogens is 3. The number of nitrogens with zero attached hydrogens (tertiary/aromatic N) is 4. The van der Waals surface area contributed by atoms with Gasteiger partial charge < -0.3 is 10.2 Å². The van der Waals surface area contributed by atoms with Crippen molar-refractivity contribution in [2.24, 2.45) is 0 Å². The van der Waals surface area contributed by atoms with E-state index in [1.807, 2.05) is 24.3 Å². The molecule has 1 aliphatic heterocycles. The fourth-order valence-electron chi connectivity index (χ4n) is 3.99. The van der Waals surface area contributed by atoms with Crippen LogP contribution in [-0.4, -0.2) is 34.1 Å². The number of pyridine rings is 1. The van der Waals surface area contributed by atoms with Gasteiger partial charge in [-0.25, -0.2) is 9.97 Å².